The van der Waals surface area contributed by atoms with Crippen molar-refractivity contribution in [3.63, 3.8) is 0 Å². The fourth-order valence-electron chi connectivity index (χ4n) is 10.9. The molecule has 4 aliphatic rings. The predicted molar refractivity (Wildman–Crippen MR) is 283 cm³/mol. The molecule has 1 aromatic carbocycles. The summed E-state index contributed by atoms with van der Waals surface area (Å²) in [7, 11) is 7.40. The van der Waals surface area contributed by atoms with E-state index in [0.717, 1.165) is 64.1 Å². The molecule has 19 heteroatoms. The number of amides is 5. The zero-order chi connectivity index (χ0) is 51.8. The maximum atomic E-state index is 14.9. The molecule has 4 aromatic rings. The van der Waals surface area contributed by atoms with Crippen molar-refractivity contribution in [2.45, 2.75) is 122 Å². The smallest absolute Gasteiger partial charge is 0.323 e. The monoisotopic (exact) mass is 1020 g/mol. The van der Waals surface area contributed by atoms with Gasteiger partial charge >= 0.3 is 12.0 Å². The van der Waals surface area contributed by atoms with Gasteiger partial charge in [0, 0.05) is 115 Å². The van der Waals surface area contributed by atoms with E-state index >= 15 is 0 Å². The number of carbonyl (C=O) groups excluding carboxylic acids is 5. The number of nitrogens with one attached hydrogen (secondary N) is 2. The number of hydrogen-bond donors (Lipinski definition) is 2. The molecule has 72 heavy (non-hydrogen) atoms. The number of methoxy groups -OCH3 is 1. The molecule has 5 amide bonds. The molecule has 3 fully saturated rings. The van der Waals surface area contributed by atoms with Crippen LogP contribution in [-0.4, -0.2) is 169 Å². The van der Waals surface area contributed by atoms with E-state index < -0.39 is 40.4 Å². The van der Waals surface area contributed by atoms with E-state index in [-0.39, 0.29) is 49.1 Å². The fraction of sp³-hybridized carbons (Fsp3) is 0.566. The lowest BCUT2D eigenvalue weighted by Gasteiger charge is -2.45. The number of ether oxygens (including phenoxy) is 2. The van der Waals surface area contributed by atoms with E-state index in [1.807, 2.05) is 38.3 Å². The molecule has 3 saturated heterocycles. The van der Waals surface area contributed by atoms with Crippen molar-refractivity contribution in [3.8, 4) is 22.5 Å². The number of likely N-dealkylation sites (N-methyl/N-ethyl adjacent to an activating group) is 3. The Labute approximate surface area is 431 Å². The Morgan fingerprint density at radius 2 is 1.88 bits per heavy atom. The molecule has 7 heterocycles. The number of hydrogen-bond acceptors (Lipinski definition) is 12. The SMILES string of the molecule is CCn1c(-c2cccnc2[C@H](C)OC)c2c3cc(ccc31)-c1csc(n1)C[C@H](NC(=O)[C@H](C(C)C)N(C)C(=O)N(C)C1CN(C(=O)/C=C/[C@H]3CCCN3C)C1)C(=O)N1CCC[C@@]([SiH3])(N1)C(=O)OCC(C)(C)C2. The van der Waals surface area contributed by atoms with Crippen LogP contribution in [0.2, 0.25) is 0 Å². The highest BCUT2D eigenvalue weighted by Gasteiger charge is 2.44. The summed E-state index contributed by atoms with van der Waals surface area (Å²) in [6, 6.07) is 8.09. The number of pyridine rings is 1. The number of aromatic nitrogens is 3. The fourth-order valence-corrected chi connectivity index (χ4v) is 12.5. The highest BCUT2D eigenvalue weighted by atomic mass is 32.1. The number of thiazole rings is 1. The molecule has 388 valence electrons. The van der Waals surface area contributed by atoms with Crippen LogP contribution in [0.15, 0.2) is 54.1 Å². The highest BCUT2D eigenvalue weighted by Crippen LogP contribution is 2.42. The Morgan fingerprint density at radius 3 is 2.57 bits per heavy atom. The van der Waals surface area contributed by atoms with Crippen molar-refractivity contribution in [1.82, 2.24) is 49.9 Å². The van der Waals surface area contributed by atoms with Crippen molar-refractivity contribution in [1.29, 1.82) is 0 Å². The van der Waals surface area contributed by atoms with Crippen molar-refractivity contribution in [3.05, 3.63) is 70.3 Å². The lowest BCUT2D eigenvalue weighted by molar-refractivity contribution is -0.158. The molecule has 0 unspecified atom stereocenters. The minimum atomic E-state index is -1.10. The summed E-state index contributed by atoms with van der Waals surface area (Å²) in [4.78, 5) is 87.9. The second-order valence-electron chi connectivity index (χ2n) is 21.6. The van der Waals surface area contributed by atoms with E-state index in [0.29, 0.717) is 60.7 Å². The molecule has 2 N–H and O–H groups in total. The van der Waals surface area contributed by atoms with Crippen LogP contribution in [0.5, 0.6) is 0 Å². The summed E-state index contributed by atoms with van der Waals surface area (Å²) in [6.45, 7) is 15.0. The topological polar surface area (TPSA) is 175 Å². The maximum Gasteiger partial charge on any atom is 0.323 e. The second kappa shape index (κ2) is 21.5. The number of likely N-dealkylation sites (tertiary alicyclic amines) is 2. The number of rotatable bonds is 11. The van der Waals surface area contributed by atoms with Gasteiger partial charge in [-0.3, -0.25) is 34.1 Å². The van der Waals surface area contributed by atoms with Crippen LogP contribution in [0.25, 0.3) is 33.4 Å². The van der Waals surface area contributed by atoms with Crippen LogP contribution >= 0.6 is 11.3 Å². The maximum absolute atomic E-state index is 14.9. The lowest BCUT2D eigenvalue weighted by atomic mass is 9.84. The standard InChI is InChI=1S/C53H74N10O7SSi/c1-11-62-42-19-17-34-25-38(42)39(47(62)37-16-12-22-54-45(37)33(4)69-10)27-52(5,6)31-70-50(67)53(72)21-14-24-63(57-53)49(66)40(26-43-55-41(34)30-71-43)56-48(65)46(32(2)3)60(9)51(68)59(8)36-28-61(29-36)44(64)20-18-35-15-13-23-58(35)7/h12,16-20,22,25,30,32-33,35-36,40,46,57H,11,13-15,21,23-24,26-29,31H2,1-10,72H3,(H,56,65)/b20-18+/t33-,35+,40-,46-,53-/m0/s1. The third-order valence-corrected chi connectivity index (χ3v) is 17.2. The molecule has 0 aliphatic carbocycles. The van der Waals surface area contributed by atoms with Gasteiger partial charge < -0.3 is 34.1 Å². The van der Waals surface area contributed by atoms with E-state index in [4.69, 9.17) is 19.4 Å². The molecule has 8 rings (SSSR count). The van der Waals surface area contributed by atoms with E-state index in [1.165, 1.54) is 21.2 Å². The van der Waals surface area contributed by atoms with Crippen LogP contribution in [0.1, 0.15) is 89.6 Å². The average Bonchev–Trinajstić information content (AvgIpc) is 4.07. The number of urea groups is 1. The van der Waals surface area contributed by atoms with Crippen molar-refractivity contribution < 1.29 is 33.4 Å². The first-order valence-electron chi connectivity index (χ1n) is 25.6. The van der Waals surface area contributed by atoms with Crippen LogP contribution in [-0.2, 0) is 48.0 Å². The van der Waals surface area contributed by atoms with Gasteiger partial charge in [0.1, 0.15) is 17.2 Å². The van der Waals surface area contributed by atoms with Crippen molar-refractivity contribution >= 4 is 62.2 Å². The first kappa shape index (κ1) is 52.8. The number of aryl methyl sites for hydroxylation is 1. The molecule has 3 aromatic heterocycles. The van der Waals surface area contributed by atoms with E-state index in [2.05, 4.69) is 72.3 Å². The zero-order valence-electron chi connectivity index (χ0n) is 44.0. The molecule has 0 spiro atoms. The minimum Gasteiger partial charge on any atom is -0.464 e. The largest absolute Gasteiger partial charge is 0.464 e. The van der Waals surface area contributed by atoms with Gasteiger partial charge in [0.05, 0.1) is 40.8 Å². The molecule has 6 bridgehead atoms. The lowest BCUT2D eigenvalue weighted by Crippen LogP contribution is -2.68. The molecule has 0 saturated carbocycles. The summed E-state index contributed by atoms with van der Waals surface area (Å²) in [6.07, 6.45) is 8.99. The second-order valence-corrected chi connectivity index (χ2v) is 24.3. The minimum absolute atomic E-state index is 0.0747. The van der Waals surface area contributed by atoms with Crippen LogP contribution in [0, 0.1) is 11.3 Å². The number of carbonyl (C=O) groups is 5. The van der Waals surface area contributed by atoms with Crippen LogP contribution in [0.4, 0.5) is 4.79 Å². The normalized spacial score (nSPS) is 23.0. The molecule has 0 radical (unpaired) electrons. The quantitative estimate of drug-likeness (QED) is 0.120. The predicted octanol–water partition coefficient (Wildman–Crippen LogP) is 4.77. The van der Waals surface area contributed by atoms with Gasteiger partial charge in [0.15, 0.2) is 0 Å². The van der Waals surface area contributed by atoms with Crippen molar-refractivity contribution in [2.24, 2.45) is 11.3 Å². The van der Waals surface area contributed by atoms with Gasteiger partial charge in [-0.05, 0) is 95.3 Å². The Balaban J connectivity index is 1.09. The Bertz CT molecular complexity index is 2720. The molecule has 5 atom stereocenters. The summed E-state index contributed by atoms with van der Waals surface area (Å²) in [5, 5.41) is 7.12. The summed E-state index contributed by atoms with van der Waals surface area (Å²) < 4.78 is 14.4. The van der Waals surface area contributed by atoms with Crippen LogP contribution < -0.4 is 10.7 Å². The van der Waals surface area contributed by atoms with Gasteiger partial charge in [0.2, 0.25) is 11.8 Å². The third-order valence-electron chi connectivity index (χ3n) is 15.2. The van der Waals surface area contributed by atoms with E-state index in [1.54, 1.807) is 43.3 Å². The summed E-state index contributed by atoms with van der Waals surface area (Å²) >= 11 is 1.42. The Morgan fingerprint density at radius 1 is 1.11 bits per heavy atom. The number of cyclic esters (lactones) is 1. The Kier molecular flexibility index (Phi) is 15.8. The zero-order valence-corrected chi connectivity index (χ0v) is 46.8. The van der Waals surface area contributed by atoms with Crippen LogP contribution in [0.3, 0.4) is 0 Å². The molecular weight excluding hydrogens is 949 g/mol. The Hall–Kier alpha value is -5.47. The van der Waals surface area contributed by atoms with Gasteiger partial charge in [-0.15, -0.1) is 11.3 Å². The first-order chi connectivity index (χ1) is 34.2. The number of fused-ring (bicyclic) bond motifs is 6. The number of esters is 1. The number of benzene rings is 1. The van der Waals surface area contributed by atoms with Gasteiger partial charge in [-0.2, -0.15) is 0 Å². The highest BCUT2D eigenvalue weighted by molar-refractivity contribution is 7.10. The van der Waals surface area contributed by atoms with E-state index in [9.17, 15) is 24.0 Å². The third kappa shape index (κ3) is 10.8. The van der Waals surface area contributed by atoms with Gasteiger partial charge in [-0.1, -0.05) is 39.8 Å². The van der Waals surface area contributed by atoms with Gasteiger partial charge in [0.25, 0.3) is 5.91 Å². The molecule has 4 aliphatic heterocycles. The van der Waals surface area contributed by atoms with Crippen molar-refractivity contribution in [2.75, 3.05) is 61.0 Å². The number of nitrogens with zero attached hydrogens (tertiary/aromatic N) is 8. The summed E-state index contributed by atoms with van der Waals surface area (Å²) in [5.74, 6) is -1.71. The molecule has 17 nitrogen and oxygen atoms in total. The average molecular weight is 1020 g/mol. The summed E-state index contributed by atoms with van der Waals surface area (Å²) in [5.41, 5.74) is 9.43. The van der Waals surface area contributed by atoms with Gasteiger partial charge in [-0.25, -0.2) is 15.2 Å². The first-order valence-corrected chi connectivity index (χ1v) is 27.4. The molecular formula is C53H74N10O7SSi. The number of hydrazine groups is 1.